The van der Waals surface area contributed by atoms with Crippen LogP contribution >= 0.6 is 11.6 Å². The molecule has 1 aromatic heterocycles. The minimum atomic E-state index is -2.56. The summed E-state index contributed by atoms with van der Waals surface area (Å²) in [6.45, 7) is 0. The number of nitrogens with zero attached hydrogens (tertiary/aromatic N) is 2. The first-order valence-corrected chi connectivity index (χ1v) is 6.90. The van der Waals surface area contributed by atoms with Crippen LogP contribution in [0.15, 0.2) is 18.2 Å². The van der Waals surface area contributed by atoms with Crippen LogP contribution in [-0.4, -0.2) is 9.78 Å². The Balaban J connectivity index is 2.18. The Morgan fingerprint density at radius 3 is 2.70 bits per heavy atom. The highest BCUT2D eigenvalue weighted by Crippen LogP contribution is 2.33. The van der Waals surface area contributed by atoms with Gasteiger partial charge < -0.3 is 5.73 Å². The maximum Gasteiger partial charge on any atom is 0.282 e. The van der Waals surface area contributed by atoms with E-state index in [0.29, 0.717) is 28.4 Å². The third-order valence-electron chi connectivity index (χ3n) is 3.62. The fraction of sp³-hybridized carbons (Fsp3) is 0.357. The molecular formula is C14H14ClF2N3. The van der Waals surface area contributed by atoms with Crippen LogP contribution in [0.3, 0.4) is 0 Å². The number of aromatic nitrogens is 2. The van der Waals surface area contributed by atoms with Gasteiger partial charge in [-0.1, -0.05) is 11.6 Å². The molecule has 0 saturated heterocycles. The third kappa shape index (κ3) is 2.16. The van der Waals surface area contributed by atoms with Gasteiger partial charge in [0.2, 0.25) is 0 Å². The first-order chi connectivity index (χ1) is 9.58. The summed E-state index contributed by atoms with van der Waals surface area (Å²) in [5.41, 5.74) is 8.21. The van der Waals surface area contributed by atoms with E-state index in [1.807, 2.05) is 0 Å². The molecule has 1 aliphatic carbocycles. The topological polar surface area (TPSA) is 43.8 Å². The number of halogens is 3. The highest BCUT2D eigenvalue weighted by atomic mass is 35.5. The molecule has 0 spiro atoms. The lowest BCUT2D eigenvalue weighted by molar-refractivity contribution is 0.144. The highest BCUT2D eigenvalue weighted by molar-refractivity contribution is 6.32. The van der Waals surface area contributed by atoms with Crippen LogP contribution in [0.25, 0.3) is 5.69 Å². The maximum absolute atomic E-state index is 13.1. The van der Waals surface area contributed by atoms with Crippen molar-refractivity contribution in [3.8, 4) is 5.69 Å². The van der Waals surface area contributed by atoms with Crippen LogP contribution < -0.4 is 5.73 Å². The van der Waals surface area contributed by atoms with Crippen molar-refractivity contribution in [3.05, 3.63) is 40.2 Å². The van der Waals surface area contributed by atoms with E-state index in [0.717, 1.165) is 25.0 Å². The predicted molar refractivity (Wildman–Crippen MR) is 74.6 cm³/mol. The van der Waals surface area contributed by atoms with Gasteiger partial charge in [0.05, 0.1) is 10.7 Å². The van der Waals surface area contributed by atoms with Gasteiger partial charge in [0, 0.05) is 16.9 Å². The minimum Gasteiger partial charge on any atom is -0.399 e. The van der Waals surface area contributed by atoms with Crippen molar-refractivity contribution in [1.82, 2.24) is 9.78 Å². The monoisotopic (exact) mass is 297 g/mol. The van der Waals surface area contributed by atoms with E-state index in [4.69, 9.17) is 17.3 Å². The normalized spacial score (nSPS) is 14.6. The molecule has 2 aromatic rings. The molecule has 0 fully saturated rings. The summed E-state index contributed by atoms with van der Waals surface area (Å²) < 4.78 is 27.8. The van der Waals surface area contributed by atoms with E-state index < -0.39 is 6.43 Å². The van der Waals surface area contributed by atoms with E-state index >= 15 is 0 Å². The van der Waals surface area contributed by atoms with Gasteiger partial charge in [-0.3, -0.25) is 0 Å². The first kappa shape index (κ1) is 13.4. The largest absolute Gasteiger partial charge is 0.399 e. The number of anilines is 1. The molecule has 3 rings (SSSR count). The molecule has 0 atom stereocenters. The summed E-state index contributed by atoms with van der Waals surface area (Å²) in [4.78, 5) is 0. The Morgan fingerprint density at radius 2 is 2.00 bits per heavy atom. The molecule has 106 valence electrons. The number of fused-ring (bicyclic) bond motifs is 1. The van der Waals surface area contributed by atoms with Gasteiger partial charge in [-0.05, 0) is 43.9 Å². The number of rotatable bonds is 2. The Kier molecular flexibility index (Phi) is 3.38. The van der Waals surface area contributed by atoms with Gasteiger partial charge >= 0.3 is 0 Å². The van der Waals surface area contributed by atoms with E-state index in [-0.39, 0.29) is 5.69 Å². The number of benzene rings is 1. The molecule has 0 bridgehead atoms. The van der Waals surface area contributed by atoms with Gasteiger partial charge in [-0.15, -0.1) is 0 Å². The molecule has 1 heterocycles. The lowest BCUT2D eigenvalue weighted by Gasteiger charge is -2.15. The molecular weight excluding hydrogens is 284 g/mol. The Labute approximate surface area is 120 Å². The van der Waals surface area contributed by atoms with Gasteiger partial charge in [-0.25, -0.2) is 13.5 Å². The zero-order chi connectivity index (χ0) is 14.3. The minimum absolute atomic E-state index is 0.118. The summed E-state index contributed by atoms with van der Waals surface area (Å²) in [5.74, 6) is 0. The van der Waals surface area contributed by atoms with Crippen LogP contribution in [0.1, 0.15) is 36.2 Å². The van der Waals surface area contributed by atoms with Crippen LogP contribution in [0.2, 0.25) is 5.02 Å². The third-order valence-corrected chi connectivity index (χ3v) is 3.92. The van der Waals surface area contributed by atoms with Gasteiger partial charge in [0.15, 0.2) is 0 Å². The molecule has 0 amide bonds. The molecule has 0 unspecified atom stereocenters. The quantitative estimate of drug-likeness (QED) is 0.854. The number of nitrogen functional groups attached to an aromatic ring is 1. The standard InChI is InChI=1S/C14H14ClF2N3/c15-10-7-8(18)5-6-12(10)20-11-4-2-1-3-9(11)13(19-20)14(16)17/h5-7,14H,1-4,18H2. The summed E-state index contributed by atoms with van der Waals surface area (Å²) >= 11 is 6.17. The molecule has 1 aliphatic rings. The van der Waals surface area contributed by atoms with Crippen molar-refractivity contribution >= 4 is 17.3 Å². The van der Waals surface area contributed by atoms with Crippen LogP contribution in [-0.2, 0) is 12.8 Å². The van der Waals surface area contributed by atoms with E-state index in [1.165, 1.54) is 0 Å². The average Bonchev–Trinajstić information content (AvgIpc) is 2.78. The highest BCUT2D eigenvalue weighted by Gasteiger charge is 2.26. The number of nitrogens with two attached hydrogens (primary N) is 1. The lowest BCUT2D eigenvalue weighted by Crippen LogP contribution is -2.08. The van der Waals surface area contributed by atoms with Gasteiger partial charge in [-0.2, -0.15) is 5.10 Å². The SMILES string of the molecule is Nc1ccc(-n2nc(C(F)F)c3c2CCCC3)c(Cl)c1. The summed E-state index contributed by atoms with van der Waals surface area (Å²) in [6.07, 6.45) is 0.745. The second-order valence-corrected chi connectivity index (χ2v) is 5.35. The maximum atomic E-state index is 13.1. The average molecular weight is 298 g/mol. The van der Waals surface area contributed by atoms with Crippen LogP contribution in [0, 0.1) is 0 Å². The molecule has 3 nitrogen and oxygen atoms in total. The van der Waals surface area contributed by atoms with Gasteiger partial charge in [0.25, 0.3) is 6.43 Å². The predicted octanol–water partition coefficient (Wildman–Crippen LogP) is 3.92. The Hall–Kier alpha value is -1.62. The zero-order valence-electron chi connectivity index (χ0n) is 10.7. The summed E-state index contributed by atoms with van der Waals surface area (Å²) in [5, 5.41) is 4.51. The van der Waals surface area contributed by atoms with Crippen molar-refractivity contribution < 1.29 is 8.78 Å². The molecule has 20 heavy (non-hydrogen) atoms. The van der Waals surface area contributed by atoms with Gasteiger partial charge in [0.1, 0.15) is 5.69 Å². The fourth-order valence-electron chi connectivity index (χ4n) is 2.70. The van der Waals surface area contributed by atoms with E-state index in [9.17, 15) is 8.78 Å². The van der Waals surface area contributed by atoms with Crippen molar-refractivity contribution in [2.24, 2.45) is 0 Å². The summed E-state index contributed by atoms with van der Waals surface area (Å²) in [7, 11) is 0. The van der Waals surface area contributed by atoms with E-state index in [1.54, 1.807) is 22.9 Å². The number of alkyl halides is 2. The second-order valence-electron chi connectivity index (χ2n) is 4.94. The van der Waals surface area contributed by atoms with Crippen molar-refractivity contribution in [2.45, 2.75) is 32.1 Å². The van der Waals surface area contributed by atoms with Crippen molar-refractivity contribution in [2.75, 3.05) is 5.73 Å². The van der Waals surface area contributed by atoms with E-state index in [2.05, 4.69) is 5.10 Å². The molecule has 0 radical (unpaired) electrons. The molecule has 0 saturated carbocycles. The Bertz CT molecular complexity index is 652. The fourth-order valence-corrected chi connectivity index (χ4v) is 2.97. The zero-order valence-corrected chi connectivity index (χ0v) is 11.5. The number of hydrogen-bond donors (Lipinski definition) is 1. The lowest BCUT2D eigenvalue weighted by atomic mass is 9.95. The Morgan fingerprint density at radius 1 is 1.25 bits per heavy atom. The van der Waals surface area contributed by atoms with Crippen LogP contribution in [0.5, 0.6) is 0 Å². The van der Waals surface area contributed by atoms with Crippen molar-refractivity contribution in [1.29, 1.82) is 0 Å². The second kappa shape index (κ2) is 5.05. The molecule has 6 heteroatoms. The number of hydrogen-bond acceptors (Lipinski definition) is 2. The smallest absolute Gasteiger partial charge is 0.282 e. The molecule has 2 N–H and O–H groups in total. The molecule has 0 aliphatic heterocycles. The van der Waals surface area contributed by atoms with Crippen LogP contribution in [0.4, 0.5) is 14.5 Å². The first-order valence-electron chi connectivity index (χ1n) is 6.52. The summed E-state index contributed by atoms with van der Waals surface area (Å²) in [6, 6.07) is 5.02. The molecule has 1 aromatic carbocycles. The van der Waals surface area contributed by atoms with Crippen molar-refractivity contribution in [3.63, 3.8) is 0 Å².